The topological polar surface area (TPSA) is 82.8 Å². The molecule has 2 saturated heterocycles. The molecule has 0 radical (unpaired) electrons. The van der Waals surface area contributed by atoms with E-state index in [1.807, 2.05) is 0 Å². The molecule has 2 aromatic carbocycles. The summed E-state index contributed by atoms with van der Waals surface area (Å²) in [4.78, 5) is 39.8. The van der Waals surface area contributed by atoms with Crippen LogP contribution in [0.4, 0.5) is 31.1 Å². The molecule has 1 atom stereocenters. The van der Waals surface area contributed by atoms with Crippen LogP contribution in [-0.2, 0) is 28.5 Å². The number of rotatable bonds is 7. The monoisotopic (exact) mass is 611 g/mol. The number of fused-ring (bicyclic) bond motifs is 1. The van der Waals surface area contributed by atoms with Crippen molar-refractivity contribution in [3.63, 3.8) is 0 Å². The highest BCUT2D eigenvalue weighted by Gasteiger charge is 2.39. The summed E-state index contributed by atoms with van der Waals surface area (Å²) >= 11 is 0.757. The number of carbonyl (C=O) groups is 3. The molecule has 2 aliphatic heterocycles. The number of amides is 2. The van der Waals surface area contributed by atoms with E-state index in [4.69, 9.17) is 0 Å². The Bertz CT molecular complexity index is 1600. The van der Waals surface area contributed by atoms with Crippen LogP contribution in [0.25, 0.3) is 17.0 Å². The minimum atomic E-state index is -4.98. The molecule has 7 nitrogen and oxygen atoms in total. The number of carbonyl (C=O) groups excluding carboxylic acids is 2. The van der Waals surface area contributed by atoms with Crippen molar-refractivity contribution in [1.29, 1.82) is 0 Å². The molecular formula is C28H23F6N3O4S. The van der Waals surface area contributed by atoms with Crippen LogP contribution in [0.2, 0.25) is 0 Å². The summed E-state index contributed by atoms with van der Waals surface area (Å²) in [5.41, 5.74) is -2.00. The number of carboxylic acid groups (broad SMARTS) is 1. The number of thioether (sulfide) groups is 1. The molecule has 0 unspecified atom stereocenters. The second-order valence-corrected chi connectivity index (χ2v) is 11.0. The minimum absolute atomic E-state index is 0.0531. The summed E-state index contributed by atoms with van der Waals surface area (Å²) in [6.45, 7) is 0.543. The number of halogens is 6. The maximum atomic E-state index is 13.6. The van der Waals surface area contributed by atoms with Crippen LogP contribution in [0.5, 0.6) is 0 Å². The Labute approximate surface area is 239 Å². The molecular weight excluding hydrogens is 588 g/mol. The third-order valence-corrected chi connectivity index (χ3v) is 8.22. The van der Waals surface area contributed by atoms with Crippen LogP contribution in [0.1, 0.15) is 35.1 Å². The van der Waals surface area contributed by atoms with E-state index >= 15 is 0 Å². The van der Waals surface area contributed by atoms with Crippen molar-refractivity contribution in [2.24, 2.45) is 0 Å². The lowest BCUT2D eigenvalue weighted by molar-refractivity contribution is -0.144. The van der Waals surface area contributed by atoms with Crippen molar-refractivity contribution in [1.82, 2.24) is 14.4 Å². The fourth-order valence-corrected chi connectivity index (χ4v) is 6.10. The zero-order valence-electron chi connectivity index (χ0n) is 21.7. The molecule has 1 aromatic heterocycles. The Balaban J connectivity index is 1.33. The van der Waals surface area contributed by atoms with E-state index < -0.39 is 46.6 Å². The van der Waals surface area contributed by atoms with Crippen LogP contribution >= 0.6 is 11.8 Å². The van der Waals surface area contributed by atoms with E-state index in [0.717, 1.165) is 29.1 Å². The minimum Gasteiger partial charge on any atom is -0.480 e. The van der Waals surface area contributed by atoms with Gasteiger partial charge < -0.3 is 9.67 Å². The number of likely N-dealkylation sites (tertiary alicyclic amines) is 1. The zero-order chi connectivity index (χ0) is 30.4. The van der Waals surface area contributed by atoms with Crippen LogP contribution in [0, 0.1) is 0 Å². The van der Waals surface area contributed by atoms with E-state index in [1.165, 1.54) is 16.8 Å². The second-order valence-electron chi connectivity index (χ2n) is 9.99. The molecule has 1 N–H and O–H groups in total. The Hall–Kier alpha value is -3.78. The highest BCUT2D eigenvalue weighted by atomic mass is 32.2. The van der Waals surface area contributed by atoms with E-state index in [1.54, 1.807) is 29.2 Å². The van der Waals surface area contributed by atoms with Crippen LogP contribution < -0.4 is 0 Å². The van der Waals surface area contributed by atoms with Crippen molar-refractivity contribution in [3.8, 4) is 0 Å². The van der Waals surface area contributed by atoms with E-state index in [0.29, 0.717) is 35.5 Å². The Morgan fingerprint density at radius 3 is 2.45 bits per heavy atom. The standard InChI is InChI=1S/C28H23F6N3O4S/c29-27(30,31)19-5-4-18(20(14-19)28(32,33)34)15-36-9-7-17-12-16(3-6-21(17)36)13-23-24(38)37(26(41)42-23)11-10-35-8-1-2-22(35)25(39)40/h3-7,9,12-14,22H,1-2,8,10-11,15H2,(H,39,40)/b23-13-/t22-/m1/s1. The lowest BCUT2D eigenvalue weighted by atomic mass is 10.0. The van der Waals surface area contributed by atoms with Gasteiger partial charge in [0.05, 0.1) is 16.0 Å². The highest BCUT2D eigenvalue weighted by Crippen LogP contribution is 2.38. The summed E-state index contributed by atoms with van der Waals surface area (Å²) in [5, 5.41) is 9.47. The zero-order valence-corrected chi connectivity index (χ0v) is 22.5. The van der Waals surface area contributed by atoms with Gasteiger partial charge in [0.1, 0.15) is 6.04 Å². The molecule has 5 rings (SSSR count). The molecule has 2 amide bonds. The second kappa shape index (κ2) is 11.1. The molecule has 0 aliphatic carbocycles. The van der Waals surface area contributed by atoms with Gasteiger partial charge in [0, 0.05) is 36.7 Å². The van der Waals surface area contributed by atoms with Gasteiger partial charge >= 0.3 is 18.3 Å². The van der Waals surface area contributed by atoms with Crippen molar-refractivity contribution >= 4 is 45.9 Å². The predicted molar refractivity (Wildman–Crippen MR) is 142 cm³/mol. The molecule has 14 heteroatoms. The van der Waals surface area contributed by atoms with Crippen molar-refractivity contribution in [3.05, 3.63) is 75.8 Å². The van der Waals surface area contributed by atoms with E-state index in [-0.39, 0.29) is 36.2 Å². The average molecular weight is 612 g/mol. The van der Waals surface area contributed by atoms with Gasteiger partial charge in [-0.05, 0) is 78.7 Å². The van der Waals surface area contributed by atoms with Gasteiger partial charge in [0.25, 0.3) is 11.1 Å². The number of alkyl halides is 6. The van der Waals surface area contributed by atoms with Crippen molar-refractivity contribution in [2.75, 3.05) is 19.6 Å². The number of aliphatic carboxylic acids is 1. The molecule has 222 valence electrons. The van der Waals surface area contributed by atoms with E-state index in [9.17, 15) is 45.8 Å². The molecule has 2 fully saturated rings. The fraction of sp³-hybridized carbons (Fsp3) is 0.321. The number of nitrogens with zero attached hydrogens (tertiary/aromatic N) is 3. The lowest BCUT2D eigenvalue weighted by Gasteiger charge is -2.23. The normalized spacial score (nSPS) is 19.5. The third-order valence-electron chi connectivity index (χ3n) is 7.31. The summed E-state index contributed by atoms with van der Waals surface area (Å²) < 4.78 is 81.4. The average Bonchev–Trinajstić information content (AvgIpc) is 3.60. The molecule has 3 heterocycles. The summed E-state index contributed by atoms with van der Waals surface area (Å²) in [5.74, 6) is -1.44. The summed E-state index contributed by atoms with van der Waals surface area (Å²) in [7, 11) is 0. The Kier molecular flexibility index (Phi) is 7.88. The molecule has 0 bridgehead atoms. The first-order valence-corrected chi connectivity index (χ1v) is 13.6. The van der Waals surface area contributed by atoms with E-state index in [2.05, 4.69) is 0 Å². The molecule has 2 aliphatic rings. The predicted octanol–water partition coefficient (Wildman–Crippen LogP) is 6.31. The van der Waals surface area contributed by atoms with Crippen molar-refractivity contribution in [2.45, 2.75) is 37.8 Å². The smallest absolute Gasteiger partial charge is 0.416 e. The van der Waals surface area contributed by atoms with Gasteiger partial charge in [0.15, 0.2) is 0 Å². The highest BCUT2D eigenvalue weighted by molar-refractivity contribution is 8.18. The first kappa shape index (κ1) is 29.7. The SMILES string of the molecule is O=C(O)[C@H]1CCCN1CCN1C(=O)S/C(=C\c2ccc3c(ccn3Cc3ccc(C(F)(F)F)cc3C(F)(F)F)c2)C1=O. The first-order chi connectivity index (χ1) is 19.7. The van der Waals surface area contributed by atoms with Gasteiger partial charge in [-0.15, -0.1) is 0 Å². The maximum absolute atomic E-state index is 13.6. The molecule has 3 aromatic rings. The number of aromatic nitrogens is 1. The van der Waals surface area contributed by atoms with Gasteiger partial charge in [-0.2, -0.15) is 26.3 Å². The van der Waals surface area contributed by atoms with Gasteiger partial charge in [-0.3, -0.25) is 24.2 Å². The number of benzene rings is 2. The maximum Gasteiger partial charge on any atom is 0.416 e. The summed E-state index contributed by atoms with van der Waals surface area (Å²) in [6, 6.07) is 7.46. The van der Waals surface area contributed by atoms with Gasteiger partial charge in [0.2, 0.25) is 0 Å². The van der Waals surface area contributed by atoms with Crippen LogP contribution in [0.3, 0.4) is 0 Å². The number of hydrogen-bond donors (Lipinski definition) is 1. The molecule has 0 spiro atoms. The quantitative estimate of drug-likeness (QED) is 0.249. The largest absolute Gasteiger partial charge is 0.480 e. The number of hydrogen-bond acceptors (Lipinski definition) is 5. The molecule has 0 saturated carbocycles. The fourth-order valence-electron chi connectivity index (χ4n) is 5.23. The first-order valence-electron chi connectivity index (χ1n) is 12.8. The van der Waals surface area contributed by atoms with Crippen molar-refractivity contribution < 1.29 is 45.8 Å². The van der Waals surface area contributed by atoms with Crippen LogP contribution in [0.15, 0.2) is 53.6 Å². The lowest BCUT2D eigenvalue weighted by Crippen LogP contribution is -2.42. The summed E-state index contributed by atoms with van der Waals surface area (Å²) in [6.07, 6.45) is -5.63. The van der Waals surface area contributed by atoms with Gasteiger partial charge in [-0.25, -0.2) is 0 Å². The van der Waals surface area contributed by atoms with Crippen LogP contribution in [-0.4, -0.2) is 62.3 Å². The number of imide groups is 1. The molecule has 42 heavy (non-hydrogen) atoms. The third kappa shape index (κ3) is 6.04. The van der Waals surface area contributed by atoms with Gasteiger partial charge in [-0.1, -0.05) is 12.1 Å². The Morgan fingerprint density at radius 2 is 1.76 bits per heavy atom. The Morgan fingerprint density at radius 1 is 1.00 bits per heavy atom. The number of carboxylic acids is 1.